The SMILES string of the molecule is COC1CC(Br)C12CCCCCC2. The lowest BCUT2D eigenvalue weighted by Gasteiger charge is -2.53. The van der Waals surface area contributed by atoms with Crippen LogP contribution in [-0.2, 0) is 4.74 Å². The number of alkyl halides is 1. The topological polar surface area (TPSA) is 9.23 Å². The molecule has 76 valence electrons. The van der Waals surface area contributed by atoms with Crippen LogP contribution in [0.15, 0.2) is 0 Å². The van der Waals surface area contributed by atoms with Gasteiger partial charge in [0.05, 0.1) is 6.10 Å². The summed E-state index contributed by atoms with van der Waals surface area (Å²) < 4.78 is 5.58. The van der Waals surface area contributed by atoms with E-state index in [0.29, 0.717) is 11.5 Å². The Morgan fingerprint density at radius 1 is 1.15 bits per heavy atom. The van der Waals surface area contributed by atoms with Gasteiger partial charge in [-0.05, 0) is 19.3 Å². The van der Waals surface area contributed by atoms with Gasteiger partial charge in [0.2, 0.25) is 0 Å². The summed E-state index contributed by atoms with van der Waals surface area (Å²) in [6, 6.07) is 0. The van der Waals surface area contributed by atoms with E-state index in [0.717, 1.165) is 4.83 Å². The molecule has 2 heteroatoms. The first-order valence-corrected chi connectivity index (χ1v) is 6.38. The molecule has 2 unspecified atom stereocenters. The molecule has 0 aliphatic heterocycles. The van der Waals surface area contributed by atoms with Gasteiger partial charge in [0.1, 0.15) is 0 Å². The second-order valence-electron chi connectivity index (χ2n) is 4.57. The van der Waals surface area contributed by atoms with Crippen LogP contribution >= 0.6 is 15.9 Å². The Morgan fingerprint density at radius 2 is 1.77 bits per heavy atom. The van der Waals surface area contributed by atoms with E-state index in [1.54, 1.807) is 0 Å². The van der Waals surface area contributed by atoms with Crippen LogP contribution in [0, 0.1) is 5.41 Å². The van der Waals surface area contributed by atoms with Crippen molar-refractivity contribution < 1.29 is 4.74 Å². The minimum atomic E-state index is 0.505. The summed E-state index contributed by atoms with van der Waals surface area (Å²) in [5.41, 5.74) is 0.505. The van der Waals surface area contributed by atoms with Gasteiger partial charge in [0.15, 0.2) is 0 Å². The van der Waals surface area contributed by atoms with Crippen LogP contribution in [0.1, 0.15) is 44.9 Å². The summed E-state index contributed by atoms with van der Waals surface area (Å²) in [6.07, 6.45) is 10.2. The first-order chi connectivity index (χ1) is 6.29. The van der Waals surface area contributed by atoms with Crippen LogP contribution in [0.4, 0.5) is 0 Å². The summed E-state index contributed by atoms with van der Waals surface area (Å²) in [7, 11) is 1.87. The molecule has 0 N–H and O–H groups in total. The van der Waals surface area contributed by atoms with E-state index in [9.17, 15) is 0 Å². The largest absolute Gasteiger partial charge is 0.381 e. The van der Waals surface area contributed by atoms with Gasteiger partial charge < -0.3 is 4.74 Å². The van der Waals surface area contributed by atoms with Crippen LogP contribution < -0.4 is 0 Å². The highest BCUT2D eigenvalue weighted by molar-refractivity contribution is 9.09. The molecule has 0 amide bonds. The molecule has 2 atom stereocenters. The number of hydrogen-bond acceptors (Lipinski definition) is 1. The summed E-state index contributed by atoms with van der Waals surface area (Å²) >= 11 is 3.81. The Bertz CT molecular complexity index is 173. The van der Waals surface area contributed by atoms with Gasteiger partial charge in [-0.1, -0.05) is 41.6 Å². The average molecular weight is 247 g/mol. The van der Waals surface area contributed by atoms with Gasteiger partial charge in [0, 0.05) is 17.4 Å². The van der Waals surface area contributed by atoms with E-state index in [-0.39, 0.29) is 0 Å². The third-order valence-electron chi connectivity index (χ3n) is 4.01. The molecule has 13 heavy (non-hydrogen) atoms. The molecule has 0 saturated heterocycles. The molecule has 0 heterocycles. The van der Waals surface area contributed by atoms with Crippen LogP contribution in [0.2, 0.25) is 0 Å². The highest BCUT2D eigenvalue weighted by Gasteiger charge is 2.53. The van der Waals surface area contributed by atoms with Gasteiger partial charge in [0.25, 0.3) is 0 Å². The van der Waals surface area contributed by atoms with Crippen molar-refractivity contribution in [2.24, 2.45) is 5.41 Å². The highest BCUT2D eigenvalue weighted by atomic mass is 79.9. The first kappa shape index (κ1) is 9.97. The van der Waals surface area contributed by atoms with Crippen molar-refractivity contribution in [2.75, 3.05) is 7.11 Å². The summed E-state index contributed by atoms with van der Waals surface area (Å²) in [4.78, 5) is 0.725. The number of rotatable bonds is 1. The number of methoxy groups -OCH3 is 1. The predicted molar refractivity (Wildman–Crippen MR) is 58.3 cm³/mol. The first-order valence-electron chi connectivity index (χ1n) is 5.46. The zero-order chi connectivity index (χ0) is 9.31. The molecule has 0 aromatic rings. The molecule has 0 aromatic heterocycles. The maximum absolute atomic E-state index is 5.58. The maximum Gasteiger partial charge on any atom is 0.0649 e. The van der Waals surface area contributed by atoms with E-state index in [2.05, 4.69) is 15.9 Å². The van der Waals surface area contributed by atoms with Crippen molar-refractivity contribution in [3.05, 3.63) is 0 Å². The van der Waals surface area contributed by atoms with Crippen molar-refractivity contribution >= 4 is 15.9 Å². The predicted octanol–water partition coefficient (Wildman–Crippen LogP) is 3.51. The van der Waals surface area contributed by atoms with Crippen molar-refractivity contribution in [1.82, 2.24) is 0 Å². The average Bonchev–Trinajstić information content (AvgIpc) is 2.40. The fourth-order valence-electron chi connectivity index (χ4n) is 3.05. The fraction of sp³-hybridized carbons (Fsp3) is 1.00. The molecule has 2 aliphatic carbocycles. The lowest BCUT2D eigenvalue weighted by atomic mass is 9.61. The summed E-state index contributed by atoms with van der Waals surface area (Å²) in [5.74, 6) is 0. The number of halogens is 1. The van der Waals surface area contributed by atoms with E-state index >= 15 is 0 Å². The second-order valence-corrected chi connectivity index (χ2v) is 5.68. The maximum atomic E-state index is 5.58. The van der Waals surface area contributed by atoms with Crippen LogP contribution in [-0.4, -0.2) is 18.0 Å². The zero-order valence-electron chi connectivity index (χ0n) is 8.39. The van der Waals surface area contributed by atoms with Crippen LogP contribution in [0.5, 0.6) is 0 Å². The molecule has 1 spiro atoms. The van der Waals surface area contributed by atoms with Gasteiger partial charge in [-0.15, -0.1) is 0 Å². The molecule has 2 saturated carbocycles. The Balaban J connectivity index is 2.06. The van der Waals surface area contributed by atoms with Gasteiger partial charge in [-0.2, -0.15) is 0 Å². The van der Waals surface area contributed by atoms with Crippen molar-refractivity contribution in [2.45, 2.75) is 55.9 Å². The molecular formula is C11H19BrO. The van der Waals surface area contributed by atoms with E-state index in [1.165, 1.54) is 44.9 Å². The van der Waals surface area contributed by atoms with E-state index in [4.69, 9.17) is 4.74 Å². The highest BCUT2D eigenvalue weighted by Crippen LogP contribution is 2.55. The fourth-order valence-corrected chi connectivity index (χ4v) is 4.14. The number of ether oxygens (including phenoxy) is 1. The van der Waals surface area contributed by atoms with E-state index in [1.807, 2.05) is 7.11 Å². The standard InChI is InChI=1S/C11H19BrO/c1-13-10-8-9(12)11(10)6-4-2-3-5-7-11/h9-10H,2-8H2,1H3. The minimum absolute atomic E-state index is 0.505. The van der Waals surface area contributed by atoms with Crippen molar-refractivity contribution in [3.63, 3.8) is 0 Å². The van der Waals surface area contributed by atoms with Crippen molar-refractivity contribution in [3.8, 4) is 0 Å². The molecule has 2 aliphatic rings. The minimum Gasteiger partial charge on any atom is -0.381 e. The Morgan fingerprint density at radius 3 is 2.23 bits per heavy atom. The molecule has 2 rings (SSSR count). The second kappa shape index (κ2) is 3.90. The third-order valence-corrected chi connectivity index (χ3v) is 5.29. The Hall–Kier alpha value is 0.440. The monoisotopic (exact) mass is 246 g/mol. The van der Waals surface area contributed by atoms with Gasteiger partial charge >= 0.3 is 0 Å². The molecule has 0 aromatic carbocycles. The molecule has 0 bridgehead atoms. The summed E-state index contributed by atoms with van der Waals surface area (Å²) in [6.45, 7) is 0. The third kappa shape index (κ3) is 1.56. The van der Waals surface area contributed by atoms with Gasteiger partial charge in [-0.25, -0.2) is 0 Å². The quantitative estimate of drug-likeness (QED) is 0.644. The van der Waals surface area contributed by atoms with Gasteiger partial charge in [-0.3, -0.25) is 0 Å². The summed E-state index contributed by atoms with van der Waals surface area (Å²) in [5, 5.41) is 0. The Labute approximate surface area is 89.4 Å². The normalized spacial score (nSPS) is 38.3. The molecular weight excluding hydrogens is 228 g/mol. The Kier molecular flexibility index (Phi) is 2.99. The lowest BCUT2D eigenvalue weighted by Crippen LogP contribution is -2.54. The van der Waals surface area contributed by atoms with Crippen LogP contribution in [0.25, 0.3) is 0 Å². The lowest BCUT2D eigenvalue weighted by molar-refractivity contribution is -0.0904. The smallest absolute Gasteiger partial charge is 0.0649 e. The van der Waals surface area contributed by atoms with Crippen molar-refractivity contribution in [1.29, 1.82) is 0 Å². The van der Waals surface area contributed by atoms with Crippen LogP contribution in [0.3, 0.4) is 0 Å². The van der Waals surface area contributed by atoms with E-state index < -0.39 is 0 Å². The molecule has 0 radical (unpaired) electrons. The molecule has 1 nitrogen and oxygen atoms in total. The molecule has 2 fully saturated rings. The zero-order valence-corrected chi connectivity index (χ0v) is 9.98. The number of hydrogen-bond donors (Lipinski definition) is 0.